The Morgan fingerprint density at radius 3 is 2.55 bits per heavy atom. The molecule has 5 heterocycles. The lowest BCUT2D eigenvalue weighted by molar-refractivity contribution is 0.0568. The van der Waals surface area contributed by atoms with E-state index in [2.05, 4.69) is 58.4 Å². The number of ether oxygens (including phenoxy) is 1. The van der Waals surface area contributed by atoms with Crippen LogP contribution in [-0.4, -0.2) is 44.5 Å². The molecule has 6 nitrogen and oxygen atoms in total. The number of thiazole rings is 1. The van der Waals surface area contributed by atoms with Gasteiger partial charge in [0.25, 0.3) is 5.91 Å². The van der Waals surface area contributed by atoms with Crippen LogP contribution in [0.15, 0.2) is 48.4 Å². The van der Waals surface area contributed by atoms with Crippen LogP contribution in [-0.2, 0) is 19.4 Å². The third kappa shape index (κ3) is 4.13. The standard InChI is InChI=1S/C31H34N4O2S/c1-31(2,3)35-13-7-5-6-10-22-27(26-18-33-19-38-26)28-24-16-23(21-9-8-12-32-17-21)25(37-4)15-20(24)11-14-34(28)29(22)30(35)36/h8-9,12,15-19H,5-7,10-11,13-14H2,1-4H3. The van der Waals surface area contributed by atoms with Gasteiger partial charge in [0.1, 0.15) is 11.4 Å². The van der Waals surface area contributed by atoms with Gasteiger partial charge >= 0.3 is 0 Å². The van der Waals surface area contributed by atoms with Gasteiger partial charge in [0.2, 0.25) is 0 Å². The molecule has 0 saturated carbocycles. The molecule has 7 heteroatoms. The molecule has 4 aromatic rings. The van der Waals surface area contributed by atoms with Gasteiger partial charge in [-0.3, -0.25) is 14.8 Å². The second-order valence-corrected chi connectivity index (χ2v) is 12.1. The van der Waals surface area contributed by atoms with Crippen molar-refractivity contribution in [3.63, 3.8) is 0 Å². The highest BCUT2D eigenvalue weighted by Gasteiger charge is 2.37. The normalized spacial score (nSPS) is 15.7. The number of hydrogen-bond acceptors (Lipinski definition) is 5. The number of carbonyl (C=O) groups is 1. The van der Waals surface area contributed by atoms with Crippen molar-refractivity contribution in [3.8, 4) is 38.6 Å². The van der Waals surface area contributed by atoms with Gasteiger partial charge < -0.3 is 14.2 Å². The van der Waals surface area contributed by atoms with Crippen molar-refractivity contribution in [2.45, 2.75) is 65.0 Å². The van der Waals surface area contributed by atoms with E-state index in [9.17, 15) is 4.79 Å². The van der Waals surface area contributed by atoms with Crippen molar-refractivity contribution in [1.82, 2.24) is 19.4 Å². The Labute approximate surface area is 228 Å². The quantitative estimate of drug-likeness (QED) is 0.292. The monoisotopic (exact) mass is 526 g/mol. The topological polar surface area (TPSA) is 60.3 Å². The maximum Gasteiger partial charge on any atom is 0.271 e. The Bertz CT molecular complexity index is 1480. The zero-order valence-electron chi connectivity index (χ0n) is 22.6. The average molecular weight is 527 g/mol. The molecule has 6 rings (SSSR count). The van der Waals surface area contributed by atoms with Crippen molar-refractivity contribution >= 4 is 17.2 Å². The third-order valence-electron chi connectivity index (χ3n) is 7.87. The third-order valence-corrected chi connectivity index (χ3v) is 8.66. The minimum atomic E-state index is -0.249. The smallest absolute Gasteiger partial charge is 0.271 e. The number of fused-ring (bicyclic) bond motifs is 5. The lowest BCUT2D eigenvalue weighted by atomic mass is 9.90. The second-order valence-electron chi connectivity index (χ2n) is 11.2. The molecule has 196 valence electrons. The highest BCUT2D eigenvalue weighted by atomic mass is 32.1. The maximum absolute atomic E-state index is 14.4. The first kappa shape index (κ1) is 24.9. The summed E-state index contributed by atoms with van der Waals surface area (Å²) in [6, 6.07) is 8.44. The van der Waals surface area contributed by atoms with Crippen LogP contribution >= 0.6 is 11.3 Å². The van der Waals surface area contributed by atoms with Crippen molar-refractivity contribution in [2.75, 3.05) is 13.7 Å². The van der Waals surface area contributed by atoms with E-state index in [1.165, 1.54) is 22.3 Å². The van der Waals surface area contributed by atoms with Crippen molar-refractivity contribution in [2.24, 2.45) is 0 Å². The average Bonchev–Trinajstić information content (AvgIpc) is 3.56. The zero-order chi connectivity index (χ0) is 26.4. The minimum Gasteiger partial charge on any atom is -0.496 e. The number of aryl methyl sites for hydroxylation is 1. The molecule has 0 radical (unpaired) electrons. The fraction of sp³-hybridized carbons (Fsp3) is 0.387. The number of amides is 1. The summed E-state index contributed by atoms with van der Waals surface area (Å²) in [5.41, 5.74) is 10.4. The number of methoxy groups -OCH3 is 1. The van der Waals surface area contributed by atoms with Gasteiger partial charge in [-0.25, -0.2) is 0 Å². The van der Waals surface area contributed by atoms with Crippen LogP contribution in [0.3, 0.4) is 0 Å². The summed E-state index contributed by atoms with van der Waals surface area (Å²) in [7, 11) is 1.73. The highest BCUT2D eigenvalue weighted by molar-refractivity contribution is 7.13. The minimum absolute atomic E-state index is 0.149. The zero-order valence-corrected chi connectivity index (χ0v) is 23.4. The molecule has 0 bridgehead atoms. The molecule has 1 amide bonds. The summed E-state index contributed by atoms with van der Waals surface area (Å²) in [4.78, 5) is 26.4. The van der Waals surface area contributed by atoms with E-state index in [0.717, 1.165) is 78.3 Å². The number of aromatic nitrogens is 3. The predicted octanol–water partition coefficient (Wildman–Crippen LogP) is 6.87. The molecule has 0 unspecified atom stereocenters. The number of pyridine rings is 1. The van der Waals surface area contributed by atoms with E-state index in [1.807, 2.05) is 24.0 Å². The molecule has 0 N–H and O–H groups in total. The molecule has 1 aromatic carbocycles. The summed E-state index contributed by atoms with van der Waals surface area (Å²) in [6.45, 7) is 8.00. The molecule has 2 aliphatic heterocycles. The molecular formula is C31H34N4O2S. The maximum atomic E-state index is 14.4. The van der Waals surface area contributed by atoms with Crippen LogP contribution in [0.1, 0.15) is 61.6 Å². The Hall–Kier alpha value is -3.45. The summed E-state index contributed by atoms with van der Waals surface area (Å²) < 4.78 is 8.17. The first-order chi connectivity index (χ1) is 18.4. The van der Waals surface area contributed by atoms with Crippen LogP contribution < -0.4 is 4.74 Å². The molecule has 0 saturated heterocycles. The van der Waals surface area contributed by atoms with E-state index in [1.54, 1.807) is 24.6 Å². The van der Waals surface area contributed by atoms with Crippen LogP contribution in [0.5, 0.6) is 5.75 Å². The summed E-state index contributed by atoms with van der Waals surface area (Å²) in [5, 5.41) is 0. The Morgan fingerprint density at radius 2 is 1.84 bits per heavy atom. The lowest BCUT2D eigenvalue weighted by Crippen LogP contribution is -2.47. The Balaban J connectivity index is 1.65. The van der Waals surface area contributed by atoms with Crippen molar-refractivity contribution in [3.05, 3.63) is 65.2 Å². The Kier molecular flexibility index (Phi) is 6.34. The molecular weight excluding hydrogens is 492 g/mol. The van der Waals surface area contributed by atoms with E-state index >= 15 is 0 Å². The summed E-state index contributed by atoms with van der Waals surface area (Å²) in [5.74, 6) is 0.997. The largest absolute Gasteiger partial charge is 0.496 e. The van der Waals surface area contributed by atoms with Gasteiger partial charge in [0.05, 0.1) is 23.2 Å². The first-order valence-corrected chi connectivity index (χ1v) is 14.3. The predicted molar refractivity (Wildman–Crippen MR) is 153 cm³/mol. The number of hydrogen-bond donors (Lipinski definition) is 0. The van der Waals surface area contributed by atoms with Crippen LogP contribution in [0.4, 0.5) is 0 Å². The van der Waals surface area contributed by atoms with E-state index in [-0.39, 0.29) is 11.4 Å². The van der Waals surface area contributed by atoms with Gasteiger partial charge in [-0.15, -0.1) is 11.3 Å². The number of nitrogens with zero attached hydrogens (tertiary/aromatic N) is 4. The SMILES string of the molecule is COc1cc2c(cc1-c1cccnc1)-c1c(-c3cncs3)c3c(n1CC2)C(=O)N(C(C)(C)C)CCCCC3. The van der Waals surface area contributed by atoms with Gasteiger partial charge in [-0.1, -0.05) is 12.5 Å². The van der Waals surface area contributed by atoms with Gasteiger partial charge in [0, 0.05) is 59.5 Å². The molecule has 2 aliphatic rings. The fourth-order valence-corrected chi connectivity index (χ4v) is 6.78. The van der Waals surface area contributed by atoms with Gasteiger partial charge in [-0.05, 0) is 75.8 Å². The Morgan fingerprint density at radius 1 is 0.974 bits per heavy atom. The lowest BCUT2D eigenvalue weighted by Gasteiger charge is -2.36. The fourth-order valence-electron chi connectivity index (χ4n) is 6.08. The molecule has 0 atom stereocenters. The van der Waals surface area contributed by atoms with Crippen molar-refractivity contribution < 1.29 is 9.53 Å². The van der Waals surface area contributed by atoms with Crippen molar-refractivity contribution in [1.29, 1.82) is 0 Å². The van der Waals surface area contributed by atoms with E-state index in [4.69, 9.17) is 4.74 Å². The van der Waals surface area contributed by atoms with Crippen LogP contribution in [0.2, 0.25) is 0 Å². The number of rotatable bonds is 3. The van der Waals surface area contributed by atoms with Crippen LogP contribution in [0, 0.1) is 0 Å². The molecule has 38 heavy (non-hydrogen) atoms. The molecule has 0 fully saturated rings. The number of benzene rings is 1. The highest BCUT2D eigenvalue weighted by Crippen LogP contribution is 2.48. The van der Waals surface area contributed by atoms with Gasteiger partial charge in [0.15, 0.2) is 0 Å². The molecule has 3 aromatic heterocycles. The second kappa shape index (κ2) is 9.70. The van der Waals surface area contributed by atoms with E-state index in [0.29, 0.717) is 0 Å². The van der Waals surface area contributed by atoms with E-state index < -0.39 is 0 Å². The first-order valence-electron chi connectivity index (χ1n) is 13.5. The van der Waals surface area contributed by atoms with Gasteiger partial charge in [-0.2, -0.15) is 0 Å². The number of carbonyl (C=O) groups excluding carboxylic acids is 1. The summed E-state index contributed by atoms with van der Waals surface area (Å²) in [6.07, 6.45) is 10.6. The van der Waals surface area contributed by atoms with Crippen LogP contribution in [0.25, 0.3) is 32.8 Å². The molecule has 0 spiro atoms. The summed E-state index contributed by atoms with van der Waals surface area (Å²) >= 11 is 1.65. The molecule has 0 aliphatic carbocycles.